The van der Waals surface area contributed by atoms with Crippen LogP contribution in [0.1, 0.15) is 11.9 Å². The fraction of sp³-hybridized carbons (Fsp3) is 0.100. The molecule has 1 aromatic heterocycles. The molecule has 0 spiro atoms. The minimum Gasteiger partial charge on any atom is -0.237 e. The summed E-state index contributed by atoms with van der Waals surface area (Å²) in [5.41, 5.74) is 0.923. The summed E-state index contributed by atoms with van der Waals surface area (Å²) in [4.78, 5) is 4.39. The van der Waals surface area contributed by atoms with E-state index in [4.69, 9.17) is 23.2 Å². The lowest BCUT2D eigenvalue weighted by Gasteiger charge is -1.86. The van der Waals surface area contributed by atoms with Crippen molar-refractivity contribution in [2.24, 2.45) is 0 Å². The maximum atomic E-state index is 5.86. The second kappa shape index (κ2) is 3.89. The van der Waals surface area contributed by atoms with Crippen LogP contribution in [0.3, 0.4) is 0 Å². The third kappa shape index (κ3) is 2.08. The van der Waals surface area contributed by atoms with E-state index in [9.17, 15) is 0 Å². The molecule has 0 unspecified atom stereocenters. The number of aromatic nitrogens is 1. The van der Waals surface area contributed by atoms with Gasteiger partial charge in [-0.15, -0.1) is 11.3 Å². The fourth-order valence-electron chi connectivity index (χ4n) is 1.15. The lowest BCUT2D eigenvalue weighted by molar-refractivity contribution is 1.46. The molecule has 0 N–H and O–H groups in total. The van der Waals surface area contributed by atoms with Gasteiger partial charge in [-0.1, -0.05) is 23.2 Å². The van der Waals surface area contributed by atoms with Crippen molar-refractivity contribution in [3.63, 3.8) is 0 Å². The standard InChI is InChI=1S/C10H7Cl2NS/c1-6(11)4-10-13-8-5-7(12)2-3-9(8)14-10/h2-5H,1H3. The van der Waals surface area contributed by atoms with E-state index in [1.807, 2.05) is 31.2 Å². The van der Waals surface area contributed by atoms with Gasteiger partial charge in [-0.25, -0.2) is 4.98 Å². The van der Waals surface area contributed by atoms with Crippen LogP contribution >= 0.6 is 34.5 Å². The van der Waals surface area contributed by atoms with Crippen molar-refractivity contribution in [1.29, 1.82) is 0 Å². The lowest BCUT2D eigenvalue weighted by atomic mass is 10.3. The highest BCUT2D eigenvalue weighted by atomic mass is 35.5. The van der Waals surface area contributed by atoms with Crippen molar-refractivity contribution in [2.75, 3.05) is 0 Å². The third-order valence-corrected chi connectivity index (χ3v) is 3.02. The van der Waals surface area contributed by atoms with E-state index in [2.05, 4.69) is 4.98 Å². The van der Waals surface area contributed by atoms with Crippen LogP contribution in [0.4, 0.5) is 0 Å². The Bertz CT molecular complexity index is 498. The first-order chi connectivity index (χ1) is 6.65. The van der Waals surface area contributed by atoms with Crippen LogP contribution < -0.4 is 0 Å². The lowest BCUT2D eigenvalue weighted by Crippen LogP contribution is -1.69. The van der Waals surface area contributed by atoms with Crippen LogP contribution in [0.15, 0.2) is 23.2 Å². The molecule has 14 heavy (non-hydrogen) atoms. The minimum absolute atomic E-state index is 0.709. The summed E-state index contributed by atoms with van der Waals surface area (Å²) in [5.74, 6) is 0. The van der Waals surface area contributed by atoms with Crippen LogP contribution in [0.2, 0.25) is 5.02 Å². The molecule has 0 atom stereocenters. The Morgan fingerprint density at radius 1 is 1.50 bits per heavy atom. The molecule has 0 bridgehead atoms. The van der Waals surface area contributed by atoms with Crippen LogP contribution in [0.5, 0.6) is 0 Å². The molecule has 1 aromatic carbocycles. The Morgan fingerprint density at radius 2 is 2.29 bits per heavy atom. The Labute approximate surface area is 96.0 Å². The molecule has 0 amide bonds. The van der Waals surface area contributed by atoms with Gasteiger partial charge in [0.15, 0.2) is 0 Å². The highest BCUT2D eigenvalue weighted by Gasteiger charge is 2.01. The Morgan fingerprint density at radius 3 is 3.00 bits per heavy atom. The van der Waals surface area contributed by atoms with Gasteiger partial charge >= 0.3 is 0 Å². The number of thiazole rings is 1. The smallest absolute Gasteiger partial charge is 0.118 e. The van der Waals surface area contributed by atoms with Gasteiger partial charge in [0.25, 0.3) is 0 Å². The summed E-state index contributed by atoms with van der Waals surface area (Å²) in [6.07, 6.45) is 1.85. The highest BCUT2D eigenvalue weighted by Crippen LogP contribution is 2.26. The van der Waals surface area contributed by atoms with Crippen molar-refractivity contribution in [2.45, 2.75) is 6.92 Å². The zero-order chi connectivity index (χ0) is 10.1. The van der Waals surface area contributed by atoms with E-state index >= 15 is 0 Å². The third-order valence-electron chi connectivity index (χ3n) is 1.69. The van der Waals surface area contributed by atoms with E-state index in [-0.39, 0.29) is 0 Å². The number of fused-ring (bicyclic) bond motifs is 1. The molecule has 72 valence electrons. The first kappa shape index (κ1) is 9.97. The normalized spacial score (nSPS) is 12.4. The van der Waals surface area contributed by atoms with Gasteiger partial charge < -0.3 is 0 Å². The maximum Gasteiger partial charge on any atom is 0.118 e. The summed E-state index contributed by atoms with van der Waals surface area (Å²) in [7, 11) is 0. The van der Waals surface area contributed by atoms with Crippen molar-refractivity contribution in [3.8, 4) is 0 Å². The maximum absolute atomic E-state index is 5.86. The summed E-state index contributed by atoms with van der Waals surface area (Å²) < 4.78 is 1.12. The number of benzene rings is 1. The number of hydrogen-bond acceptors (Lipinski definition) is 2. The summed E-state index contributed by atoms with van der Waals surface area (Å²) in [5, 5.41) is 2.35. The van der Waals surface area contributed by atoms with E-state index in [0.717, 1.165) is 20.3 Å². The van der Waals surface area contributed by atoms with E-state index in [1.54, 1.807) is 11.3 Å². The molecule has 2 aromatic rings. The van der Waals surface area contributed by atoms with Gasteiger partial charge in [0.2, 0.25) is 0 Å². The Hall–Kier alpha value is -0.570. The van der Waals surface area contributed by atoms with Gasteiger partial charge in [0.05, 0.1) is 10.2 Å². The average molecular weight is 244 g/mol. The monoisotopic (exact) mass is 243 g/mol. The van der Waals surface area contributed by atoms with Crippen LogP contribution in [-0.2, 0) is 0 Å². The van der Waals surface area contributed by atoms with E-state index in [1.165, 1.54) is 0 Å². The van der Waals surface area contributed by atoms with Crippen molar-refractivity contribution < 1.29 is 0 Å². The molecule has 0 saturated heterocycles. The number of allylic oxidation sites excluding steroid dienone is 1. The Balaban J connectivity index is 2.57. The molecule has 2 rings (SSSR count). The number of hydrogen-bond donors (Lipinski definition) is 0. The molecule has 0 aliphatic carbocycles. The van der Waals surface area contributed by atoms with Gasteiger partial charge in [-0.2, -0.15) is 0 Å². The van der Waals surface area contributed by atoms with Crippen LogP contribution in [-0.4, -0.2) is 4.98 Å². The van der Waals surface area contributed by atoms with Gasteiger partial charge in [0, 0.05) is 10.1 Å². The van der Waals surface area contributed by atoms with Crippen LogP contribution in [0, 0.1) is 0 Å². The molecular formula is C10H7Cl2NS. The predicted molar refractivity (Wildman–Crippen MR) is 64.1 cm³/mol. The molecule has 4 heteroatoms. The van der Waals surface area contributed by atoms with Gasteiger partial charge in [-0.3, -0.25) is 0 Å². The van der Waals surface area contributed by atoms with Crippen LogP contribution in [0.25, 0.3) is 16.3 Å². The van der Waals surface area contributed by atoms with Gasteiger partial charge in [0.1, 0.15) is 5.01 Å². The summed E-state index contributed by atoms with van der Waals surface area (Å²) in [6, 6.07) is 5.69. The first-order valence-electron chi connectivity index (χ1n) is 4.05. The average Bonchev–Trinajstić information content (AvgIpc) is 2.44. The van der Waals surface area contributed by atoms with Gasteiger partial charge in [-0.05, 0) is 31.2 Å². The van der Waals surface area contributed by atoms with Crippen molar-refractivity contribution in [1.82, 2.24) is 4.98 Å². The topological polar surface area (TPSA) is 12.9 Å². The Kier molecular flexibility index (Phi) is 2.77. The predicted octanol–water partition coefficient (Wildman–Crippen LogP) is 4.55. The SMILES string of the molecule is CC(Cl)=Cc1nc2cc(Cl)ccc2s1. The molecule has 0 aliphatic rings. The second-order valence-corrected chi connectivity index (χ2v) is 4.99. The number of rotatable bonds is 1. The molecule has 0 saturated carbocycles. The summed E-state index contributed by atoms with van der Waals surface area (Å²) in [6.45, 7) is 1.83. The fourth-order valence-corrected chi connectivity index (χ4v) is 2.43. The molecule has 1 nitrogen and oxygen atoms in total. The van der Waals surface area contributed by atoms with E-state index in [0.29, 0.717) is 5.02 Å². The summed E-state index contributed by atoms with van der Waals surface area (Å²) >= 11 is 13.2. The quantitative estimate of drug-likeness (QED) is 0.717. The highest BCUT2D eigenvalue weighted by molar-refractivity contribution is 7.19. The van der Waals surface area contributed by atoms with E-state index < -0.39 is 0 Å². The minimum atomic E-state index is 0.709. The molecule has 0 aliphatic heterocycles. The first-order valence-corrected chi connectivity index (χ1v) is 5.62. The van der Waals surface area contributed by atoms with Crippen molar-refractivity contribution >= 4 is 50.8 Å². The number of nitrogens with zero attached hydrogens (tertiary/aromatic N) is 1. The molecule has 0 radical (unpaired) electrons. The largest absolute Gasteiger partial charge is 0.237 e. The molecule has 1 heterocycles. The second-order valence-electron chi connectivity index (χ2n) is 2.90. The van der Waals surface area contributed by atoms with Crippen molar-refractivity contribution in [3.05, 3.63) is 33.3 Å². The molecule has 0 fully saturated rings. The zero-order valence-corrected chi connectivity index (χ0v) is 9.75. The molecular weight excluding hydrogens is 237 g/mol. The zero-order valence-electron chi connectivity index (χ0n) is 7.42. The number of halogens is 2.